The predicted molar refractivity (Wildman–Crippen MR) is 70.2 cm³/mol. The maximum absolute atomic E-state index is 13.0. The monoisotopic (exact) mass is 349 g/mol. The number of amides is 1. The quantitative estimate of drug-likeness (QED) is 0.926. The highest BCUT2D eigenvalue weighted by molar-refractivity contribution is 9.10. The second-order valence-corrected chi connectivity index (χ2v) is 5.69. The first-order valence-electron chi connectivity index (χ1n) is 4.77. The third kappa shape index (κ3) is 3.24. The van der Waals surface area contributed by atoms with Gasteiger partial charge in [0.1, 0.15) is 5.82 Å². The summed E-state index contributed by atoms with van der Waals surface area (Å²) in [5, 5.41) is 9.92. The molecule has 18 heavy (non-hydrogen) atoms. The summed E-state index contributed by atoms with van der Waals surface area (Å²) in [4.78, 5) is 11.7. The van der Waals surface area contributed by atoms with Crippen LogP contribution in [0.5, 0.6) is 0 Å². The van der Waals surface area contributed by atoms with Gasteiger partial charge in [-0.05, 0) is 35.4 Å². The third-order valence-electron chi connectivity index (χ3n) is 2.04. The zero-order valence-electron chi connectivity index (χ0n) is 8.78. The maximum atomic E-state index is 13.0. The van der Waals surface area contributed by atoms with Crippen molar-refractivity contribution in [2.45, 2.75) is 6.54 Å². The van der Waals surface area contributed by atoms with Gasteiger partial charge in [-0.3, -0.25) is 4.79 Å². The van der Waals surface area contributed by atoms with Crippen LogP contribution in [0, 0.1) is 5.82 Å². The number of nitrogens with one attached hydrogen (secondary N) is 1. The van der Waals surface area contributed by atoms with Gasteiger partial charge < -0.3 is 5.32 Å². The Labute approximate surface area is 119 Å². The van der Waals surface area contributed by atoms with Crippen molar-refractivity contribution >= 4 is 44.8 Å². The smallest absolute Gasteiger partial charge is 0.282 e. The average Bonchev–Trinajstić information content (AvgIpc) is 2.77. The average molecular weight is 351 g/mol. The lowest BCUT2D eigenvalue weighted by Gasteiger charge is -2.05. The van der Waals surface area contributed by atoms with Crippen molar-refractivity contribution in [2.24, 2.45) is 0 Å². The zero-order valence-corrected chi connectivity index (χ0v) is 11.9. The largest absolute Gasteiger partial charge is 0.346 e. The van der Waals surface area contributed by atoms with E-state index >= 15 is 0 Å². The van der Waals surface area contributed by atoms with Crippen LogP contribution in [0.4, 0.5) is 4.39 Å². The summed E-state index contributed by atoms with van der Waals surface area (Å²) in [7, 11) is 0. The molecular weight excluding hydrogens is 345 g/mol. The summed E-state index contributed by atoms with van der Waals surface area (Å²) in [6, 6.07) is 4.26. The van der Waals surface area contributed by atoms with Gasteiger partial charge in [0.25, 0.3) is 5.91 Å². The molecule has 0 unspecified atom stereocenters. The number of halogens is 3. The van der Waals surface area contributed by atoms with Crippen LogP contribution in [-0.2, 0) is 6.54 Å². The summed E-state index contributed by atoms with van der Waals surface area (Å²) >= 11 is 9.84. The molecule has 1 heterocycles. The Morgan fingerprint density at radius 3 is 2.94 bits per heavy atom. The SMILES string of the molecule is O=C(NCc1cc(F)ccc1Br)c1nnc(Cl)s1. The molecule has 1 aromatic carbocycles. The van der Waals surface area contributed by atoms with E-state index in [1.165, 1.54) is 12.1 Å². The number of hydrogen-bond donors (Lipinski definition) is 1. The van der Waals surface area contributed by atoms with E-state index in [0.717, 1.165) is 15.8 Å². The van der Waals surface area contributed by atoms with Crippen LogP contribution >= 0.6 is 38.9 Å². The molecule has 0 saturated heterocycles. The van der Waals surface area contributed by atoms with Gasteiger partial charge in [-0.25, -0.2) is 4.39 Å². The minimum absolute atomic E-state index is 0.174. The molecule has 4 nitrogen and oxygen atoms in total. The minimum atomic E-state index is -0.393. The molecule has 2 rings (SSSR count). The van der Waals surface area contributed by atoms with Gasteiger partial charge in [0.05, 0.1) is 0 Å². The van der Waals surface area contributed by atoms with Gasteiger partial charge in [-0.15, -0.1) is 10.2 Å². The molecule has 94 valence electrons. The highest BCUT2D eigenvalue weighted by atomic mass is 79.9. The molecule has 8 heteroatoms. The lowest BCUT2D eigenvalue weighted by molar-refractivity contribution is 0.0949. The van der Waals surface area contributed by atoms with Crippen LogP contribution < -0.4 is 5.32 Å². The van der Waals surface area contributed by atoms with E-state index < -0.39 is 5.91 Å². The van der Waals surface area contributed by atoms with Crippen molar-refractivity contribution in [3.63, 3.8) is 0 Å². The molecule has 1 aromatic heterocycles. The number of aromatic nitrogens is 2. The normalized spacial score (nSPS) is 10.4. The van der Waals surface area contributed by atoms with Crippen molar-refractivity contribution in [3.05, 3.63) is 43.5 Å². The molecule has 1 amide bonds. The Morgan fingerprint density at radius 2 is 2.28 bits per heavy atom. The lowest BCUT2D eigenvalue weighted by Crippen LogP contribution is -2.22. The molecular formula is C10H6BrClFN3OS. The highest BCUT2D eigenvalue weighted by Gasteiger charge is 2.12. The minimum Gasteiger partial charge on any atom is -0.346 e. The first kappa shape index (κ1) is 13.4. The van der Waals surface area contributed by atoms with Gasteiger partial charge in [0, 0.05) is 11.0 Å². The van der Waals surface area contributed by atoms with E-state index in [1.807, 2.05) is 0 Å². The van der Waals surface area contributed by atoms with E-state index in [9.17, 15) is 9.18 Å². The molecule has 0 aliphatic rings. The number of hydrogen-bond acceptors (Lipinski definition) is 4. The van der Waals surface area contributed by atoms with E-state index in [4.69, 9.17) is 11.6 Å². The van der Waals surface area contributed by atoms with Crippen molar-refractivity contribution in [1.29, 1.82) is 0 Å². The number of nitrogens with zero attached hydrogens (tertiary/aromatic N) is 2. The Balaban J connectivity index is 2.03. The van der Waals surface area contributed by atoms with Gasteiger partial charge in [-0.2, -0.15) is 0 Å². The molecule has 0 atom stereocenters. The molecule has 0 spiro atoms. The molecule has 0 aliphatic heterocycles. The first-order valence-corrected chi connectivity index (χ1v) is 6.76. The summed E-state index contributed by atoms with van der Waals surface area (Å²) in [5.41, 5.74) is 0.638. The van der Waals surface area contributed by atoms with Crippen LogP contribution in [0.1, 0.15) is 15.4 Å². The molecule has 0 aliphatic carbocycles. The van der Waals surface area contributed by atoms with Crippen molar-refractivity contribution in [3.8, 4) is 0 Å². The van der Waals surface area contributed by atoms with E-state index in [0.29, 0.717) is 5.56 Å². The molecule has 0 bridgehead atoms. The second kappa shape index (κ2) is 5.73. The van der Waals surface area contributed by atoms with E-state index in [1.54, 1.807) is 6.07 Å². The van der Waals surface area contributed by atoms with Crippen LogP contribution in [0.3, 0.4) is 0 Å². The number of carbonyl (C=O) groups excluding carboxylic acids is 1. The van der Waals surface area contributed by atoms with Crippen LogP contribution in [-0.4, -0.2) is 16.1 Å². The molecule has 1 N–H and O–H groups in total. The number of carbonyl (C=O) groups is 1. The molecule has 2 aromatic rings. The third-order valence-corrected chi connectivity index (χ3v) is 3.83. The summed E-state index contributed by atoms with van der Waals surface area (Å²) in [6.45, 7) is 0.189. The van der Waals surface area contributed by atoms with E-state index in [2.05, 4.69) is 31.4 Å². The zero-order chi connectivity index (χ0) is 13.1. The van der Waals surface area contributed by atoms with Gasteiger partial charge in [0.2, 0.25) is 9.47 Å². The van der Waals surface area contributed by atoms with Crippen molar-refractivity contribution in [1.82, 2.24) is 15.5 Å². The number of benzene rings is 1. The maximum Gasteiger partial charge on any atom is 0.282 e. The summed E-state index contributed by atoms with van der Waals surface area (Å²) in [5.74, 6) is -0.753. The van der Waals surface area contributed by atoms with Crippen LogP contribution in [0.2, 0.25) is 4.47 Å². The van der Waals surface area contributed by atoms with Gasteiger partial charge in [0.15, 0.2) is 0 Å². The Bertz CT molecular complexity index is 592. The van der Waals surface area contributed by atoms with E-state index in [-0.39, 0.29) is 21.8 Å². The van der Waals surface area contributed by atoms with Gasteiger partial charge >= 0.3 is 0 Å². The van der Waals surface area contributed by atoms with Crippen molar-refractivity contribution in [2.75, 3.05) is 0 Å². The summed E-state index contributed by atoms with van der Waals surface area (Å²) < 4.78 is 13.9. The van der Waals surface area contributed by atoms with Crippen molar-refractivity contribution < 1.29 is 9.18 Å². The fourth-order valence-electron chi connectivity index (χ4n) is 1.23. The second-order valence-electron chi connectivity index (χ2n) is 3.28. The molecule has 0 radical (unpaired) electrons. The Hall–Kier alpha value is -1.05. The van der Waals surface area contributed by atoms with Crippen LogP contribution in [0.25, 0.3) is 0 Å². The lowest BCUT2D eigenvalue weighted by atomic mass is 10.2. The Kier molecular flexibility index (Phi) is 4.26. The molecule has 0 saturated carbocycles. The fraction of sp³-hybridized carbons (Fsp3) is 0.100. The van der Waals surface area contributed by atoms with Crippen LogP contribution in [0.15, 0.2) is 22.7 Å². The molecule has 0 fully saturated rings. The Morgan fingerprint density at radius 1 is 1.50 bits per heavy atom. The standard InChI is InChI=1S/C10H6BrClFN3OS/c11-7-2-1-6(13)3-5(7)4-14-8(17)9-15-16-10(12)18-9/h1-3H,4H2,(H,14,17). The topological polar surface area (TPSA) is 54.9 Å². The highest BCUT2D eigenvalue weighted by Crippen LogP contribution is 2.18. The summed E-state index contributed by atoms with van der Waals surface area (Å²) in [6.07, 6.45) is 0. The number of rotatable bonds is 3. The first-order chi connectivity index (χ1) is 8.56. The van der Waals surface area contributed by atoms with Gasteiger partial charge in [-0.1, -0.05) is 27.3 Å². The predicted octanol–water partition coefficient (Wildman–Crippen LogP) is 3.02. The fourth-order valence-corrected chi connectivity index (χ4v) is 2.36.